The fourth-order valence-corrected chi connectivity index (χ4v) is 2.96. The molecule has 0 aliphatic carbocycles. The molecule has 0 saturated heterocycles. The van der Waals surface area contributed by atoms with Crippen LogP contribution in [0.4, 0.5) is 8.78 Å². The molecule has 4 heteroatoms. The first kappa shape index (κ1) is 14.6. The largest absolute Gasteiger partial charge is 0.274 e. The molecule has 1 atom stereocenters. The van der Waals surface area contributed by atoms with E-state index in [1.165, 1.54) is 0 Å². The summed E-state index contributed by atoms with van der Waals surface area (Å²) in [5.74, 6) is 0.186. The van der Waals surface area contributed by atoms with E-state index < -0.39 is 16.9 Å². The van der Waals surface area contributed by atoms with Crippen LogP contribution in [0.1, 0.15) is 12.0 Å². The Labute approximate surface area is 119 Å². The molecular formula is C16H14F2OS. The van der Waals surface area contributed by atoms with Gasteiger partial charge in [-0.2, -0.15) is 8.78 Å². The third kappa shape index (κ3) is 3.84. The molecule has 0 heterocycles. The zero-order chi connectivity index (χ0) is 14.4. The van der Waals surface area contributed by atoms with E-state index in [1.54, 1.807) is 54.6 Å². The Morgan fingerprint density at radius 3 is 2.00 bits per heavy atom. The normalized spacial score (nSPS) is 11.9. The quantitative estimate of drug-likeness (QED) is 0.793. The number of allylic oxidation sites excluding steroid dienone is 1. The molecule has 0 bridgehead atoms. The Hall–Kier alpha value is -1.81. The van der Waals surface area contributed by atoms with Crippen LogP contribution in [0.5, 0.6) is 0 Å². The van der Waals surface area contributed by atoms with E-state index in [0.29, 0.717) is 10.5 Å². The van der Waals surface area contributed by atoms with Crippen molar-refractivity contribution in [1.82, 2.24) is 0 Å². The second-order valence-corrected chi connectivity index (χ2v) is 5.79. The van der Waals surface area contributed by atoms with Gasteiger partial charge in [-0.3, -0.25) is 4.21 Å². The maximum atomic E-state index is 13.0. The molecule has 104 valence electrons. The lowest BCUT2D eigenvalue weighted by Gasteiger charge is -2.07. The second-order valence-electron chi connectivity index (χ2n) is 4.22. The standard InChI is InChI=1S/C16H14F2OS/c17-16(18)15(13-7-3-1-4-8-13)11-12-20(19)14-9-5-2-6-10-14/h1-10H,11-12H2. The van der Waals surface area contributed by atoms with Crippen LogP contribution < -0.4 is 0 Å². The van der Waals surface area contributed by atoms with Crippen LogP contribution in [0.25, 0.3) is 5.57 Å². The lowest BCUT2D eigenvalue weighted by atomic mass is 10.1. The molecule has 0 amide bonds. The van der Waals surface area contributed by atoms with E-state index in [2.05, 4.69) is 0 Å². The molecular weight excluding hydrogens is 278 g/mol. The lowest BCUT2D eigenvalue weighted by Crippen LogP contribution is -2.00. The Morgan fingerprint density at radius 2 is 1.45 bits per heavy atom. The number of hydrogen-bond donors (Lipinski definition) is 0. The number of hydrogen-bond acceptors (Lipinski definition) is 1. The van der Waals surface area contributed by atoms with Crippen molar-refractivity contribution in [2.45, 2.75) is 11.3 Å². The van der Waals surface area contributed by atoms with Gasteiger partial charge in [-0.05, 0) is 24.1 Å². The van der Waals surface area contributed by atoms with Crippen LogP contribution >= 0.6 is 0 Å². The molecule has 2 aromatic carbocycles. The maximum absolute atomic E-state index is 13.0. The van der Waals surface area contributed by atoms with Gasteiger partial charge >= 0.3 is 0 Å². The van der Waals surface area contributed by atoms with E-state index in [4.69, 9.17) is 0 Å². The van der Waals surface area contributed by atoms with E-state index in [0.717, 1.165) is 0 Å². The summed E-state index contributed by atoms with van der Waals surface area (Å²) in [5, 5.41) is 0. The highest BCUT2D eigenvalue weighted by Gasteiger charge is 2.11. The molecule has 0 aliphatic heterocycles. The molecule has 0 N–H and O–H groups in total. The molecule has 2 aromatic rings. The first-order chi connectivity index (χ1) is 9.68. The Kier molecular flexibility index (Phi) is 5.18. The minimum absolute atomic E-state index is 0.0325. The van der Waals surface area contributed by atoms with Crippen molar-refractivity contribution < 1.29 is 13.0 Å². The van der Waals surface area contributed by atoms with E-state index in [1.807, 2.05) is 6.07 Å². The van der Waals surface area contributed by atoms with Crippen molar-refractivity contribution in [3.05, 3.63) is 72.3 Å². The molecule has 0 fully saturated rings. The smallest absolute Gasteiger partial charge is 0.254 e. The van der Waals surface area contributed by atoms with Crippen molar-refractivity contribution in [3.63, 3.8) is 0 Å². The van der Waals surface area contributed by atoms with E-state index in [-0.39, 0.29) is 17.7 Å². The molecule has 0 aliphatic rings. The maximum Gasteiger partial charge on any atom is 0.274 e. The van der Waals surface area contributed by atoms with Crippen molar-refractivity contribution in [3.8, 4) is 0 Å². The van der Waals surface area contributed by atoms with Crippen LogP contribution in [-0.2, 0) is 10.8 Å². The monoisotopic (exact) mass is 292 g/mol. The molecule has 20 heavy (non-hydrogen) atoms. The van der Waals surface area contributed by atoms with Crippen LogP contribution in [0.15, 0.2) is 71.6 Å². The summed E-state index contributed by atoms with van der Waals surface area (Å²) in [6, 6.07) is 17.4. The summed E-state index contributed by atoms with van der Waals surface area (Å²) < 4.78 is 38.1. The highest BCUT2D eigenvalue weighted by Crippen LogP contribution is 2.25. The summed E-state index contributed by atoms with van der Waals surface area (Å²) in [4.78, 5) is 0.666. The first-order valence-electron chi connectivity index (χ1n) is 6.21. The number of benzene rings is 2. The minimum atomic E-state index is -1.71. The zero-order valence-corrected chi connectivity index (χ0v) is 11.6. The van der Waals surface area contributed by atoms with Gasteiger partial charge in [0.2, 0.25) is 0 Å². The number of halogens is 2. The lowest BCUT2D eigenvalue weighted by molar-refractivity contribution is 0.423. The van der Waals surface area contributed by atoms with Crippen LogP contribution in [-0.4, -0.2) is 9.96 Å². The predicted molar refractivity (Wildman–Crippen MR) is 77.9 cm³/mol. The van der Waals surface area contributed by atoms with Gasteiger partial charge in [0.05, 0.1) is 10.8 Å². The van der Waals surface area contributed by atoms with E-state index in [9.17, 15) is 13.0 Å². The fraction of sp³-hybridized carbons (Fsp3) is 0.125. The van der Waals surface area contributed by atoms with Crippen molar-refractivity contribution in [2.75, 3.05) is 5.75 Å². The number of rotatable bonds is 5. The van der Waals surface area contributed by atoms with Gasteiger partial charge in [0.15, 0.2) is 0 Å². The minimum Gasteiger partial charge on any atom is -0.254 e. The molecule has 1 nitrogen and oxygen atoms in total. The third-order valence-electron chi connectivity index (χ3n) is 2.89. The Bertz CT molecular complexity index is 605. The highest BCUT2D eigenvalue weighted by molar-refractivity contribution is 7.85. The molecule has 0 aromatic heterocycles. The first-order valence-corrected chi connectivity index (χ1v) is 7.53. The zero-order valence-electron chi connectivity index (χ0n) is 10.8. The van der Waals surface area contributed by atoms with Gasteiger partial charge in [-0.1, -0.05) is 48.5 Å². The van der Waals surface area contributed by atoms with Crippen LogP contribution in [0.3, 0.4) is 0 Å². The summed E-state index contributed by atoms with van der Waals surface area (Å²) in [7, 11) is -1.26. The SMILES string of the molecule is O=S(CCC(=C(F)F)c1ccccc1)c1ccccc1. The van der Waals surface area contributed by atoms with Gasteiger partial charge in [0, 0.05) is 16.2 Å². The Morgan fingerprint density at radius 1 is 0.900 bits per heavy atom. The molecule has 2 rings (SSSR count). The van der Waals surface area contributed by atoms with Crippen LogP contribution in [0, 0.1) is 0 Å². The molecule has 0 radical (unpaired) electrons. The van der Waals surface area contributed by atoms with Crippen molar-refractivity contribution in [1.29, 1.82) is 0 Å². The van der Waals surface area contributed by atoms with Gasteiger partial charge in [-0.15, -0.1) is 0 Å². The molecule has 0 spiro atoms. The van der Waals surface area contributed by atoms with E-state index >= 15 is 0 Å². The van der Waals surface area contributed by atoms with Gasteiger partial charge in [0.1, 0.15) is 0 Å². The Balaban J connectivity index is 2.09. The third-order valence-corrected chi connectivity index (χ3v) is 4.27. The van der Waals surface area contributed by atoms with Gasteiger partial charge in [-0.25, -0.2) is 0 Å². The summed E-state index contributed by atoms with van der Waals surface area (Å²) in [6.45, 7) is 0. The molecule has 1 unspecified atom stereocenters. The summed E-state index contributed by atoms with van der Waals surface area (Å²) in [5.41, 5.74) is 0.451. The average molecular weight is 292 g/mol. The fourth-order valence-electron chi connectivity index (χ4n) is 1.87. The topological polar surface area (TPSA) is 17.1 Å². The predicted octanol–water partition coefficient (Wildman–Crippen LogP) is 4.49. The average Bonchev–Trinajstić information content (AvgIpc) is 2.49. The van der Waals surface area contributed by atoms with Gasteiger partial charge < -0.3 is 0 Å². The van der Waals surface area contributed by atoms with Crippen molar-refractivity contribution in [2.24, 2.45) is 0 Å². The van der Waals surface area contributed by atoms with Crippen LogP contribution in [0.2, 0.25) is 0 Å². The summed E-state index contributed by atoms with van der Waals surface area (Å²) in [6.07, 6.45) is -1.62. The second kappa shape index (κ2) is 7.10. The van der Waals surface area contributed by atoms with Crippen molar-refractivity contribution >= 4 is 16.4 Å². The van der Waals surface area contributed by atoms with Gasteiger partial charge in [0.25, 0.3) is 6.08 Å². The highest BCUT2D eigenvalue weighted by atomic mass is 32.2. The molecule has 0 saturated carbocycles. The summed E-state index contributed by atoms with van der Waals surface area (Å²) >= 11 is 0.